The van der Waals surface area contributed by atoms with Gasteiger partial charge in [-0.05, 0) is 6.42 Å². The Hall–Kier alpha value is -0.280. The van der Waals surface area contributed by atoms with Gasteiger partial charge in [-0.25, -0.2) is 0 Å². The number of amides is 1. The molecule has 1 unspecified atom stereocenters. The van der Waals surface area contributed by atoms with Gasteiger partial charge in [-0.2, -0.15) is 0 Å². The maximum absolute atomic E-state index is 10.5. The number of hydrogen-bond acceptors (Lipinski definition) is 2. The number of aliphatic hydroxyl groups excluding tert-OH is 1. The van der Waals surface area contributed by atoms with Crippen LogP contribution in [0.15, 0.2) is 0 Å². The van der Waals surface area contributed by atoms with E-state index < -0.39 is 6.23 Å². The molecule has 0 radical (unpaired) electrons. The molecule has 0 spiro atoms. The number of carbonyl (C=O) groups excluding carboxylic acids is 1. The molecule has 0 aromatic carbocycles. The molecule has 1 atom stereocenters. The molecule has 1 amide bonds. The lowest BCUT2D eigenvalue weighted by Crippen LogP contribution is -2.35. The molecule has 0 aliphatic carbocycles. The Balaban J connectivity index is 3.37. The van der Waals surface area contributed by atoms with Crippen LogP contribution in [0.4, 0.5) is 0 Å². The second kappa shape index (κ2) is 5.50. The van der Waals surface area contributed by atoms with Crippen LogP contribution in [0.1, 0.15) is 19.8 Å². The van der Waals surface area contributed by atoms with Crippen LogP contribution in [0.5, 0.6) is 0 Å². The Morgan fingerprint density at radius 1 is 1.80 bits per heavy atom. The van der Waals surface area contributed by atoms with Gasteiger partial charge in [-0.3, -0.25) is 4.79 Å². The van der Waals surface area contributed by atoms with Crippen molar-refractivity contribution in [3.05, 3.63) is 0 Å². The van der Waals surface area contributed by atoms with Crippen molar-refractivity contribution >= 4 is 17.5 Å². The number of halogens is 1. The van der Waals surface area contributed by atoms with Gasteiger partial charge in [0.25, 0.3) is 0 Å². The Morgan fingerprint density at radius 3 is 2.80 bits per heavy atom. The van der Waals surface area contributed by atoms with E-state index in [2.05, 4.69) is 5.32 Å². The smallest absolute Gasteiger partial charge is 0.236 e. The average Bonchev–Trinajstić information content (AvgIpc) is 1.88. The fraction of sp³-hybridized carbons (Fsp3) is 0.833. The van der Waals surface area contributed by atoms with E-state index in [9.17, 15) is 4.79 Å². The summed E-state index contributed by atoms with van der Waals surface area (Å²) >= 11 is 5.17. The van der Waals surface area contributed by atoms with Crippen LogP contribution in [0.2, 0.25) is 0 Å². The third-order valence-corrected chi connectivity index (χ3v) is 1.25. The molecule has 0 heterocycles. The van der Waals surface area contributed by atoms with Crippen LogP contribution in [-0.4, -0.2) is 23.1 Å². The van der Waals surface area contributed by atoms with Gasteiger partial charge < -0.3 is 10.4 Å². The molecule has 0 aromatic heterocycles. The van der Waals surface area contributed by atoms with Crippen LogP contribution in [0, 0.1) is 0 Å². The molecular formula is C6H12ClNO2. The largest absolute Gasteiger partial charge is 0.374 e. The third-order valence-electron chi connectivity index (χ3n) is 1.01. The summed E-state index contributed by atoms with van der Waals surface area (Å²) in [5.74, 6) is -0.427. The van der Waals surface area contributed by atoms with E-state index in [1.807, 2.05) is 6.92 Å². The molecule has 4 heteroatoms. The first kappa shape index (κ1) is 9.72. The van der Waals surface area contributed by atoms with E-state index >= 15 is 0 Å². The van der Waals surface area contributed by atoms with Crippen molar-refractivity contribution in [2.24, 2.45) is 0 Å². The lowest BCUT2D eigenvalue weighted by atomic mass is 10.3. The number of nitrogens with one attached hydrogen (secondary N) is 1. The summed E-state index contributed by atoms with van der Waals surface area (Å²) in [6.45, 7) is 1.93. The van der Waals surface area contributed by atoms with E-state index in [1.54, 1.807) is 0 Å². The summed E-state index contributed by atoms with van der Waals surface area (Å²) in [7, 11) is 0. The van der Waals surface area contributed by atoms with Gasteiger partial charge in [0.15, 0.2) is 0 Å². The van der Waals surface area contributed by atoms with Crippen molar-refractivity contribution in [1.82, 2.24) is 5.32 Å². The van der Waals surface area contributed by atoms with E-state index in [0.717, 1.165) is 6.42 Å². The average molecular weight is 166 g/mol. The predicted molar refractivity (Wildman–Crippen MR) is 39.8 cm³/mol. The molecular weight excluding hydrogens is 154 g/mol. The molecule has 0 saturated carbocycles. The highest BCUT2D eigenvalue weighted by atomic mass is 35.5. The number of rotatable bonds is 4. The van der Waals surface area contributed by atoms with Gasteiger partial charge in [-0.1, -0.05) is 13.3 Å². The predicted octanol–water partition coefficient (Wildman–Crippen LogP) is 0.460. The topological polar surface area (TPSA) is 49.3 Å². The van der Waals surface area contributed by atoms with Crippen molar-refractivity contribution < 1.29 is 9.90 Å². The molecule has 0 aromatic rings. The summed E-state index contributed by atoms with van der Waals surface area (Å²) in [4.78, 5) is 10.5. The fourth-order valence-corrected chi connectivity index (χ4v) is 0.647. The molecule has 0 saturated heterocycles. The SMILES string of the molecule is CCCC(O)NC(=O)CCl. The first-order valence-electron chi connectivity index (χ1n) is 3.24. The monoisotopic (exact) mass is 165 g/mol. The molecule has 3 nitrogen and oxygen atoms in total. The number of hydrogen-bond donors (Lipinski definition) is 2. The van der Waals surface area contributed by atoms with Gasteiger partial charge in [0, 0.05) is 0 Å². The molecule has 2 N–H and O–H groups in total. The molecule has 0 aliphatic heterocycles. The summed E-state index contributed by atoms with van der Waals surface area (Å²) in [5, 5.41) is 11.3. The Bertz CT molecular complexity index is 108. The highest BCUT2D eigenvalue weighted by molar-refractivity contribution is 6.27. The minimum atomic E-state index is -0.740. The van der Waals surface area contributed by atoms with Gasteiger partial charge in [-0.15, -0.1) is 11.6 Å². The first-order chi connectivity index (χ1) is 4.70. The van der Waals surface area contributed by atoms with Gasteiger partial charge in [0.2, 0.25) is 5.91 Å². The lowest BCUT2D eigenvalue weighted by molar-refractivity contribution is -0.121. The van der Waals surface area contributed by atoms with E-state index in [0.29, 0.717) is 6.42 Å². The Labute approximate surface area is 65.4 Å². The zero-order chi connectivity index (χ0) is 7.98. The van der Waals surface area contributed by atoms with E-state index in [-0.39, 0.29) is 11.8 Å². The standard InChI is InChI=1S/C6H12ClNO2/c1-2-3-5(9)8-6(10)4-7/h5,9H,2-4H2,1H3,(H,8,10). The number of aliphatic hydroxyl groups is 1. The molecule has 0 rings (SSSR count). The minimum Gasteiger partial charge on any atom is -0.374 e. The molecule has 0 fully saturated rings. The fourth-order valence-electron chi connectivity index (χ4n) is 0.570. The van der Waals surface area contributed by atoms with Gasteiger partial charge in [0.05, 0.1) is 0 Å². The lowest BCUT2D eigenvalue weighted by Gasteiger charge is -2.09. The van der Waals surface area contributed by atoms with Crippen molar-refractivity contribution in [3.63, 3.8) is 0 Å². The van der Waals surface area contributed by atoms with Crippen LogP contribution in [-0.2, 0) is 4.79 Å². The van der Waals surface area contributed by atoms with E-state index in [4.69, 9.17) is 16.7 Å². The second-order valence-corrected chi connectivity index (χ2v) is 2.27. The van der Waals surface area contributed by atoms with E-state index in [1.165, 1.54) is 0 Å². The van der Waals surface area contributed by atoms with Crippen molar-refractivity contribution in [3.8, 4) is 0 Å². The highest BCUT2D eigenvalue weighted by Gasteiger charge is 2.04. The zero-order valence-corrected chi connectivity index (χ0v) is 6.69. The zero-order valence-electron chi connectivity index (χ0n) is 5.93. The number of alkyl halides is 1. The second-order valence-electron chi connectivity index (χ2n) is 2.01. The van der Waals surface area contributed by atoms with Crippen LogP contribution >= 0.6 is 11.6 Å². The first-order valence-corrected chi connectivity index (χ1v) is 3.77. The van der Waals surface area contributed by atoms with Crippen molar-refractivity contribution in [2.45, 2.75) is 26.0 Å². The normalized spacial score (nSPS) is 12.7. The maximum Gasteiger partial charge on any atom is 0.236 e. The molecule has 0 bridgehead atoms. The summed E-state index contributed by atoms with van der Waals surface area (Å²) < 4.78 is 0. The summed E-state index contributed by atoms with van der Waals surface area (Å²) in [6, 6.07) is 0. The van der Waals surface area contributed by atoms with Crippen molar-refractivity contribution in [1.29, 1.82) is 0 Å². The molecule has 60 valence electrons. The molecule has 0 aliphatic rings. The summed E-state index contributed by atoms with van der Waals surface area (Å²) in [6.07, 6.45) is 0.670. The number of carbonyl (C=O) groups is 1. The quantitative estimate of drug-likeness (QED) is 0.470. The van der Waals surface area contributed by atoms with Gasteiger partial charge >= 0.3 is 0 Å². The minimum absolute atomic E-state index is 0.0965. The third kappa shape index (κ3) is 4.58. The Morgan fingerprint density at radius 2 is 2.40 bits per heavy atom. The van der Waals surface area contributed by atoms with Crippen LogP contribution in [0.3, 0.4) is 0 Å². The maximum atomic E-state index is 10.5. The van der Waals surface area contributed by atoms with Gasteiger partial charge in [0.1, 0.15) is 12.1 Å². The van der Waals surface area contributed by atoms with Crippen molar-refractivity contribution in [2.75, 3.05) is 5.88 Å². The Kier molecular flexibility index (Phi) is 5.35. The van der Waals surface area contributed by atoms with Crippen LogP contribution in [0.25, 0.3) is 0 Å². The van der Waals surface area contributed by atoms with Crippen LogP contribution < -0.4 is 5.32 Å². The molecule has 10 heavy (non-hydrogen) atoms. The summed E-state index contributed by atoms with van der Waals surface area (Å²) in [5.41, 5.74) is 0. The highest BCUT2D eigenvalue weighted by Crippen LogP contribution is 1.91.